The summed E-state index contributed by atoms with van der Waals surface area (Å²) in [7, 11) is 1.69. The molecule has 7 heteroatoms. The van der Waals surface area contributed by atoms with Crippen molar-refractivity contribution in [3.8, 4) is 5.75 Å². The predicted molar refractivity (Wildman–Crippen MR) is 148 cm³/mol. The van der Waals surface area contributed by atoms with E-state index in [9.17, 15) is 9.90 Å². The number of ether oxygens (including phenoxy) is 1. The molecule has 0 saturated carbocycles. The standard InChI is InChI=1S/C29H35ClN2O3S/c1-35-25-8-11-28-27(19-25)22(12-14-31-28)5-2-4-21-13-16-32(20-23(21)18-29(33)34)15-3-17-36-26-9-6-24(30)7-10-26/h6-12,14,19,21,23H,2-5,13,15-18,20H2,1H3,(H,33,34)/t21-,23+/m1/s1. The lowest BCUT2D eigenvalue weighted by Crippen LogP contribution is -2.41. The van der Waals surface area contributed by atoms with E-state index in [0.29, 0.717) is 5.92 Å². The lowest BCUT2D eigenvalue weighted by molar-refractivity contribution is -0.139. The van der Waals surface area contributed by atoms with Gasteiger partial charge in [0.2, 0.25) is 0 Å². The average Bonchev–Trinajstić information content (AvgIpc) is 2.88. The molecule has 1 fully saturated rings. The number of aryl methyl sites for hydroxylation is 1. The minimum Gasteiger partial charge on any atom is -0.497 e. The molecule has 1 aliphatic heterocycles. The number of carbonyl (C=O) groups is 1. The van der Waals surface area contributed by atoms with Crippen molar-refractivity contribution < 1.29 is 14.6 Å². The first-order chi connectivity index (χ1) is 17.5. The molecular formula is C29H35ClN2O3S. The molecule has 0 radical (unpaired) electrons. The topological polar surface area (TPSA) is 62.7 Å². The maximum Gasteiger partial charge on any atom is 0.303 e. The summed E-state index contributed by atoms with van der Waals surface area (Å²) >= 11 is 7.82. The Morgan fingerprint density at radius 1 is 1.17 bits per heavy atom. The number of methoxy groups -OCH3 is 1. The van der Waals surface area contributed by atoms with Crippen LogP contribution in [0.3, 0.4) is 0 Å². The number of hydrogen-bond donors (Lipinski definition) is 1. The van der Waals surface area contributed by atoms with Gasteiger partial charge < -0.3 is 14.7 Å². The van der Waals surface area contributed by atoms with Crippen LogP contribution >= 0.6 is 23.4 Å². The molecule has 1 N–H and O–H groups in total. The smallest absolute Gasteiger partial charge is 0.303 e. The molecule has 36 heavy (non-hydrogen) atoms. The summed E-state index contributed by atoms with van der Waals surface area (Å²) < 4.78 is 5.41. The molecule has 0 aliphatic carbocycles. The van der Waals surface area contributed by atoms with Crippen LogP contribution in [0.2, 0.25) is 5.02 Å². The Balaban J connectivity index is 1.27. The van der Waals surface area contributed by atoms with Gasteiger partial charge >= 0.3 is 5.97 Å². The summed E-state index contributed by atoms with van der Waals surface area (Å²) in [6.07, 6.45) is 7.38. The Kier molecular flexibility index (Phi) is 9.90. The normalized spacial score (nSPS) is 18.4. The monoisotopic (exact) mass is 526 g/mol. The Morgan fingerprint density at radius 3 is 2.78 bits per heavy atom. The maximum absolute atomic E-state index is 11.6. The third-order valence-electron chi connectivity index (χ3n) is 7.17. The van der Waals surface area contributed by atoms with E-state index in [4.69, 9.17) is 16.3 Å². The van der Waals surface area contributed by atoms with Gasteiger partial charge in [-0.25, -0.2) is 0 Å². The van der Waals surface area contributed by atoms with Crippen LogP contribution in [0.25, 0.3) is 10.9 Å². The van der Waals surface area contributed by atoms with Crippen molar-refractivity contribution in [2.45, 2.75) is 43.4 Å². The van der Waals surface area contributed by atoms with Gasteiger partial charge in [0, 0.05) is 34.5 Å². The zero-order valence-corrected chi connectivity index (χ0v) is 22.4. The summed E-state index contributed by atoms with van der Waals surface area (Å²) in [4.78, 5) is 19.8. The summed E-state index contributed by atoms with van der Waals surface area (Å²) in [5, 5.41) is 11.5. The molecule has 1 aromatic heterocycles. The van der Waals surface area contributed by atoms with Crippen molar-refractivity contribution in [1.82, 2.24) is 9.88 Å². The van der Waals surface area contributed by atoms with E-state index >= 15 is 0 Å². The molecule has 1 saturated heterocycles. The fourth-order valence-corrected chi connectivity index (χ4v) is 6.25. The number of benzene rings is 2. The quantitative estimate of drug-likeness (QED) is 0.206. The van der Waals surface area contributed by atoms with Crippen LogP contribution in [-0.4, -0.2) is 53.5 Å². The summed E-state index contributed by atoms with van der Waals surface area (Å²) in [6.45, 7) is 2.97. The number of rotatable bonds is 12. The lowest BCUT2D eigenvalue weighted by Gasteiger charge is -2.38. The number of thioether (sulfide) groups is 1. The molecule has 0 spiro atoms. The number of aliphatic carboxylic acids is 1. The first-order valence-corrected chi connectivity index (χ1v) is 14.1. The van der Waals surface area contributed by atoms with Gasteiger partial charge in [0.15, 0.2) is 0 Å². The van der Waals surface area contributed by atoms with Gasteiger partial charge in [-0.15, -0.1) is 11.8 Å². The third kappa shape index (κ3) is 7.61. The number of nitrogens with zero attached hydrogens (tertiary/aromatic N) is 2. The zero-order chi connectivity index (χ0) is 25.3. The van der Waals surface area contributed by atoms with Crippen LogP contribution < -0.4 is 4.74 Å². The van der Waals surface area contributed by atoms with Crippen LogP contribution in [0.4, 0.5) is 0 Å². The number of likely N-dealkylation sites (tertiary alicyclic amines) is 1. The average molecular weight is 527 g/mol. The van der Waals surface area contributed by atoms with E-state index in [1.54, 1.807) is 7.11 Å². The fraction of sp³-hybridized carbons (Fsp3) is 0.448. The summed E-state index contributed by atoms with van der Waals surface area (Å²) in [6, 6.07) is 16.1. The van der Waals surface area contributed by atoms with Crippen LogP contribution in [0.5, 0.6) is 5.75 Å². The molecule has 192 valence electrons. The number of carboxylic acids is 1. The third-order valence-corrected chi connectivity index (χ3v) is 8.52. The number of carboxylic acid groups (broad SMARTS) is 1. The predicted octanol–water partition coefficient (Wildman–Crippen LogP) is 6.81. The number of aromatic nitrogens is 1. The van der Waals surface area contributed by atoms with E-state index in [-0.39, 0.29) is 12.3 Å². The highest BCUT2D eigenvalue weighted by molar-refractivity contribution is 7.99. The van der Waals surface area contributed by atoms with Crippen molar-refractivity contribution in [2.75, 3.05) is 32.5 Å². The molecule has 1 aliphatic rings. The van der Waals surface area contributed by atoms with E-state index in [1.165, 1.54) is 10.5 Å². The fourth-order valence-electron chi connectivity index (χ4n) is 5.29. The van der Waals surface area contributed by atoms with E-state index in [0.717, 1.165) is 79.2 Å². The molecule has 3 aromatic rings. The minimum absolute atomic E-state index is 0.217. The van der Waals surface area contributed by atoms with Crippen LogP contribution in [0.1, 0.15) is 37.7 Å². The SMILES string of the molecule is COc1ccc2nccc(CCC[C@@H]3CCN(CCCSc4ccc(Cl)cc4)C[C@@H]3CC(=O)O)c2c1. The van der Waals surface area contributed by atoms with Gasteiger partial charge in [-0.2, -0.15) is 0 Å². The van der Waals surface area contributed by atoms with Gasteiger partial charge in [0.1, 0.15) is 5.75 Å². The Hall–Kier alpha value is -2.28. The van der Waals surface area contributed by atoms with Crippen LogP contribution in [-0.2, 0) is 11.2 Å². The van der Waals surface area contributed by atoms with Crippen molar-refractivity contribution >= 4 is 40.2 Å². The molecule has 2 heterocycles. The zero-order valence-electron chi connectivity index (χ0n) is 20.9. The molecule has 5 nitrogen and oxygen atoms in total. The largest absolute Gasteiger partial charge is 0.497 e. The highest BCUT2D eigenvalue weighted by Gasteiger charge is 2.30. The number of halogens is 1. The van der Waals surface area contributed by atoms with Gasteiger partial charge in [-0.1, -0.05) is 11.6 Å². The first-order valence-electron chi connectivity index (χ1n) is 12.8. The summed E-state index contributed by atoms with van der Waals surface area (Å²) in [5.41, 5.74) is 2.27. The minimum atomic E-state index is -0.683. The van der Waals surface area contributed by atoms with Crippen molar-refractivity contribution in [1.29, 1.82) is 0 Å². The van der Waals surface area contributed by atoms with Crippen LogP contribution in [0.15, 0.2) is 59.6 Å². The number of pyridine rings is 1. The Bertz CT molecular complexity index is 1140. The Labute approximate surface area is 223 Å². The van der Waals surface area contributed by atoms with E-state index < -0.39 is 5.97 Å². The van der Waals surface area contributed by atoms with Gasteiger partial charge in [-0.05, 0) is 117 Å². The lowest BCUT2D eigenvalue weighted by atomic mass is 9.80. The van der Waals surface area contributed by atoms with Crippen molar-refractivity contribution in [2.24, 2.45) is 11.8 Å². The van der Waals surface area contributed by atoms with Crippen molar-refractivity contribution in [3.05, 3.63) is 65.3 Å². The Morgan fingerprint density at radius 2 is 2.00 bits per heavy atom. The molecule has 0 bridgehead atoms. The molecule has 0 unspecified atom stereocenters. The number of fused-ring (bicyclic) bond motifs is 1. The van der Waals surface area contributed by atoms with E-state index in [2.05, 4.69) is 34.1 Å². The van der Waals surface area contributed by atoms with Gasteiger partial charge in [0.05, 0.1) is 12.6 Å². The summed E-state index contributed by atoms with van der Waals surface area (Å²) in [5.74, 6) is 1.89. The first kappa shape index (κ1) is 26.8. The second-order valence-electron chi connectivity index (χ2n) is 9.61. The second kappa shape index (κ2) is 13.3. The number of hydrogen-bond acceptors (Lipinski definition) is 5. The second-order valence-corrected chi connectivity index (χ2v) is 11.2. The van der Waals surface area contributed by atoms with E-state index in [1.807, 2.05) is 42.2 Å². The van der Waals surface area contributed by atoms with Gasteiger partial charge in [0.25, 0.3) is 0 Å². The molecular weight excluding hydrogens is 492 g/mol. The van der Waals surface area contributed by atoms with Crippen LogP contribution in [0, 0.1) is 11.8 Å². The molecule has 2 atom stereocenters. The molecule has 2 aromatic carbocycles. The highest BCUT2D eigenvalue weighted by atomic mass is 35.5. The molecule has 0 amide bonds. The number of piperidine rings is 1. The molecule has 4 rings (SSSR count). The van der Waals surface area contributed by atoms with Gasteiger partial charge in [-0.3, -0.25) is 9.78 Å². The highest BCUT2D eigenvalue weighted by Crippen LogP contribution is 2.32. The maximum atomic E-state index is 11.6. The van der Waals surface area contributed by atoms with Crippen molar-refractivity contribution in [3.63, 3.8) is 0 Å².